The van der Waals surface area contributed by atoms with Crippen LogP contribution in [0.2, 0.25) is 0 Å². The standard InChI is InChI=1S/C4H3NOS/c5-4-7-3-1-2-6/h1-3H. The molecular formula is C4H3NOS. The summed E-state index contributed by atoms with van der Waals surface area (Å²) in [6, 6.07) is 0. The van der Waals surface area contributed by atoms with E-state index in [1.807, 2.05) is 0 Å². The summed E-state index contributed by atoms with van der Waals surface area (Å²) in [5.41, 5.74) is 0. The van der Waals surface area contributed by atoms with Crippen LogP contribution in [-0.2, 0) is 4.79 Å². The lowest BCUT2D eigenvalue weighted by Crippen LogP contribution is -1.52. The fraction of sp³-hybridized carbons (Fsp3) is 0. The summed E-state index contributed by atoms with van der Waals surface area (Å²) in [6.45, 7) is 0. The number of carbonyl (C=O) groups excluding carboxylic acids is 1. The maximum absolute atomic E-state index is 9.47. The van der Waals surface area contributed by atoms with E-state index in [1.54, 1.807) is 5.40 Å². The quantitative estimate of drug-likeness (QED) is 0.303. The van der Waals surface area contributed by atoms with Crippen molar-refractivity contribution < 1.29 is 4.79 Å². The number of thiocyanates is 1. The van der Waals surface area contributed by atoms with Gasteiger partial charge in [-0.1, -0.05) is 0 Å². The molecule has 0 radical (unpaired) electrons. The lowest BCUT2D eigenvalue weighted by Gasteiger charge is -1.62. The summed E-state index contributed by atoms with van der Waals surface area (Å²) in [4.78, 5) is 9.47. The largest absolute Gasteiger partial charge is 0.299 e. The van der Waals surface area contributed by atoms with E-state index >= 15 is 0 Å². The highest BCUT2D eigenvalue weighted by atomic mass is 32.2. The van der Waals surface area contributed by atoms with Crippen molar-refractivity contribution in [3.8, 4) is 5.40 Å². The van der Waals surface area contributed by atoms with Crippen LogP contribution >= 0.6 is 11.8 Å². The van der Waals surface area contributed by atoms with Crippen molar-refractivity contribution >= 4 is 18.0 Å². The molecule has 0 amide bonds. The molecule has 0 saturated carbocycles. The van der Waals surface area contributed by atoms with Crippen LogP contribution < -0.4 is 0 Å². The zero-order valence-corrected chi connectivity index (χ0v) is 4.31. The number of hydrogen-bond donors (Lipinski definition) is 0. The molecule has 0 aromatic carbocycles. The third-order valence-corrected chi connectivity index (χ3v) is 0.677. The van der Waals surface area contributed by atoms with Crippen LogP contribution in [0.3, 0.4) is 0 Å². The molecule has 0 bridgehead atoms. The maximum atomic E-state index is 9.47. The van der Waals surface area contributed by atoms with Gasteiger partial charge >= 0.3 is 0 Å². The SMILES string of the molecule is N#CSC=CC=O. The second kappa shape index (κ2) is 5.25. The monoisotopic (exact) mass is 113 g/mol. The van der Waals surface area contributed by atoms with E-state index in [9.17, 15) is 4.79 Å². The Bertz CT molecular complexity index is 113. The molecule has 7 heavy (non-hydrogen) atoms. The lowest BCUT2D eigenvalue weighted by atomic mass is 10.7. The number of thioether (sulfide) groups is 1. The van der Waals surface area contributed by atoms with Gasteiger partial charge in [-0.15, -0.1) is 0 Å². The van der Waals surface area contributed by atoms with E-state index in [0.717, 1.165) is 11.8 Å². The average molecular weight is 113 g/mol. The lowest BCUT2D eigenvalue weighted by molar-refractivity contribution is -0.104. The molecule has 0 unspecified atom stereocenters. The molecule has 0 spiro atoms. The summed E-state index contributed by atoms with van der Waals surface area (Å²) in [5.74, 6) is 0. The molecule has 0 aromatic heterocycles. The van der Waals surface area contributed by atoms with Gasteiger partial charge in [-0.05, 0) is 23.2 Å². The minimum absolute atomic E-state index is 0.629. The predicted molar refractivity (Wildman–Crippen MR) is 28.4 cm³/mol. The summed E-state index contributed by atoms with van der Waals surface area (Å²) >= 11 is 0.926. The Morgan fingerprint density at radius 3 is 2.86 bits per heavy atom. The summed E-state index contributed by atoms with van der Waals surface area (Å²) in [7, 11) is 0. The number of hydrogen-bond acceptors (Lipinski definition) is 3. The van der Waals surface area contributed by atoms with Crippen LogP contribution in [-0.4, -0.2) is 6.29 Å². The highest BCUT2D eigenvalue weighted by Crippen LogP contribution is 1.94. The van der Waals surface area contributed by atoms with Crippen molar-refractivity contribution in [3.05, 3.63) is 11.5 Å². The van der Waals surface area contributed by atoms with Crippen LogP contribution in [0.5, 0.6) is 0 Å². The number of allylic oxidation sites excluding steroid dienone is 1. The van der Waals surface area contributed by atoms with Crippen molar-refractivity contribution in [1.82, 2.24) is 0 Å². The van der Waals surface area contributed by atoms with Gasteiger partial charge in [-0.2, -0.15) is 5.26 Å². The first-order valence-corrected chi connectivity index (χ1v) is 2.45. The molecule has 0 rings (SSSR count). The number of nitrogens with zero attached hydrogens (tertiary/aromatic N) is 1. The van der Waals surface area contributed by atoms with Gasteiger partial charge in [0.15, 0.2) is 0 Å². The highest BCUT2D eigenvalue weighted by Gasteiger charge is 1.66. The van der Waals surface area contributed by atoms with E-state index in [4.69, 9.17) is 5.26 Å². The first kappa shape index (κ1) is 6.25. The normalized spacial score (nSPS) is 8.43. The van der Waals surface area contributed by atoms with Gasteiger partial charge in [0.2, 0.25) is 0 Å². The Labute approximate surface area is 45.8 Å². The van der Waals surface area contributed by atoms with E-state index in [2.05, 4.69) is 0 Å². The molecular weight excluding hydrogens is 110 g/mol. The molecule has 2 nitrogen and oxygen atoms in total. The molecule has 0 atom stereocenters. The van der Waals surface area contributed by atoms with Crippen LogP contribution in [0.1, 0.15) is 0 Å². The minimum Gasteiger partial charge on any atom is -0.299 e. The van der Waals surface area contributed by atoms with Crippen molar-refractivity contribution in [2.75, 3.05) is 0 Å². The maximum Gasteiger partial charge on any atom is 0.143 e. The highest BCUT2D eigenvalue weighted by molar-refractivity contribution is 8.06. The molecule has 0 aromatic rings. The number of aldehydes is 1. The van der Waals surface area contributed by atoms with E-state index in [1.165, 1.54) is 11.5 Å². The summed E-state index contributed by atoms with van der Waals surface area (Å²) < 4.78 is 0. The molecule has 0 heterocycles. The fourth-order valence-electron chi connectivity index (χ4n) is 0.102. The van der Waals surface area contributed by atoms with Gasteiger partial charge in [0.05, 0.1) is 0 Å². The zero-order valence-electron chi connectivity index (χ0n) is 3.50. The molecule has 3 heteroatoms. The van der Waals surface area contributed by atoms with Gasteiger partial charge in [0, 0.05) is 0 Å². The predicted octanol–water partition coefficient (Wildman–Crippen LogP) is 0.913. The van der Waals surface area contributed by atoms with Crippen molar-refractivity contribution in [2.24, 2.45) is 0 Å². The molecule has 0 saturated heterocycles. The Morgan fingerprint density at radius 1 is 1.71 bits per heavy atom. The van der Waals surface area contributed by atoms with Crippen molar-refractivity contribution in [1.29, 1.82) is 5.26 Å². The Morgan fingerprint density at radius 2 is 2.43 bits per heavy atom. The number of nitriles is 1. The van der Waals surface area contributed by atoms with Gasteiger partial charge in [0.25, 0.3) is 0 Å². The molecule has 0 aliphatic carbocycles. The molecule has 0 N–H and O–H groups in total. The first-order chi connectivity index (χ1) is 3.41. The Hall–Kier alpha value is -0.750. The van der Waals surface area contributed by atoms with E-state index < -0.39 is 0 Å². The fourth-order valence-corrected chi connectivity index (χ4v) is 0.305. The van der Waals surface area contributed by atoms with Crippen molar-refractivity contribution in [3.63, 3.8) is 0 Å². The molecule has 36 valence electrons. The molecule has 0 aliphatic heterocycles. The zero-order chi connectivity index (χ0) is 5.54. The van der Waals surface area contributed by atoms with Crippen LogP contribution in [0.4, 0.5) is 0 Å². The third kappa shape index (κ3) is 5.25. The second-order valence-corrected chi connectivity index (χ2v) is 1.36. The smallest absolute Gasteiger partial charge is 0.143 e. The number of rotatable bonds is 2. The van der Waals surface area contributed by atoms with Gasteiger partial charge < -0.3 is 0 Å². The summed E-state index contributed by atoms with van der Waals surface area (Å²) in [6.07, 6.45) is 1.90. The third-order valence-electron chi connectivity index (χ3n) is 0.278. The van der Waals surface area contributed by atoms with Crippen molar-refractivity contribution in [2.45, 2.75) is 0 Å². The molecule has 0 fully saturated rings. The number of carbonyl (C=O) groups is 1. The topological polar surface area (TPSA) is 40.9 Å². The first-order valence-electron chi connectivity index (χ1n) is 1.57. The van der Waals surface area contributed by atoms with Crippen LogP contribution in [0, 0.1) is 10.7 Å². The average Bonchev–Trinajstić information content (AvgIpc) is 1.69. The van der Waals surface area contributed by atoms with Crippen LogP contribution in [0.15, 0.2) is 11.5 Å². The Kier molecular flexibility index (Phi) is 4.69. The second-order valence-electron chi connectivity index (χ2n) is 0.674. The molecule has 0 aliphatic rings. The van der Waals surface area contributed by atoms with E-state index in [-0.39, 0.29) is 0 Å². The minimum atomic E-state index is 0.629. The summed E-state index contributed by atoms with van der Waals surface area (Å²) in [5, 5.41) is 11.0. The van der Waals surface area contributed by atoms with E-state index in [0.29, 0.717) is 6.29 Å². The van der Waals surface area contributed by atoms with Crippen LogP contribution in [0.25, 0.3) is 0 Å². The van der Waals surface area contributed by atoms with Gasteiger partial charge in [-0.25, -0.2) is 0 Å². The van der Waals surface area contributed by atoms with Gasteiger partial charge in [-0.3, -0.25) is 4.79 Å². The Balaban J connectivity index is 3.13. The van der Waals surface area contributed by atoms with Gasteiger partial charge in [0.1, 0.15) is 11.7 Å².